The molecule has 0 bridgehead atoms. The maximum absolute atomic E-state index is 13.0. The third-order valence-corrected chi connectivity index (χ3v) is 4.21. The van der Waals surface area contributed by atoms with Crippen molar-refractivity contribution in [1.82, 2.24) is 5.32 Å². The Kier molecular flexibility index (Phi) is 5.84. The maximum atomic E-state index is 13.0. The first kappa shape index (κ1) is 19.7. The lowest BCUT2D eigenvalue weighted by atomic mass is 10.0. The molecule has 0 saturated heterocycles. The summed E-state index contributed by atoms with van der Waals surface area (Å²) in [6.45, 7) is -0.668. The largest absolute Gasteiger partial charge is 0.484 e. The Labute approximate surface area is 159 Å². The highest BCUT2D eigenvalue weighted by Crippen LogP contribution is 2.34. The molecule has 0 aliphatic carbocycles. The van der Waals surface area contributed by atoms with Crippen LogP contribution in [0.5, 0.6) is 5.75 Å². The van der Waals surface area contributed by atoms with Gasteiger partial charge in [-0.25, -0.2) is 0 Å². The highest BCUT2D eigenvalue weighted by Gasteiger charge is 2.34. The standard InChI is InChI=1S/C21H18F3NO3/c22-21(23,24)18-8-4-3-7-17(18)19(26)12-25-20(27)13-28-16-10-9-14-5-1-2-6-15(14)11-16/h1-11,19,26H,12-13H2,(H,25,27). The van der Waals surface area contributed by atoms with Crippen molar-refractivity contribution in [2.24, 2.45) is 0 Å². The quantitative estimate of drug-likeness (QED) is 0.668. The Bertz CT molecular complexity index is 972. The van der Waals surface area contributed by atoms with Crippen LogP contribution in [0.4, 0.5) is 13.2 Å². The Morgan fingerprint density at radius 3 is 2.43 bits per heavy atom. The maximum Gasteiger partial charge on any atom is 0.416 e. The average Bonchev–Trinajstić information content (AvgIpc) is 2.69. The second kappa shape index (κ2) is 8.31. The zero-order valence-corrected chi connectivity index (χ0v) is 14.7. The van der Waals surface area contributed by atoms with Gasteiger partial charge in [0.2, 0.25) is 0 Å². The van der Waals surface area contributed by atoms with Crippen molar-refractivity contribution in [3.63, 3.8) is 0 Å². The molecule has 0 aliphatic rings. The van der Waals surface area contributed by atoms with E-state index in [2.05, 4.69) is 5.32 Å². The van der Waals surface area contributed by atoms with Gasteiger partial charge in [0.25, 0.3) is 5.91 Å². The number of alkyl halides is 3. The van der Waals surface area contributed by atoms with Gasteiger partial charge in [0.1, 0.15) is 5.75 Å². The Morgan fingerprint density at radius 1 is 1.00 bits per heavy atom. The van der Waals surface area contributed by atoms with E-state index in [1.807, 2.05) is 30.3 Å². The lowest BCUT2D eigenvalue weighted by Crippen LogP contribution is -2.33. The van der Waals surface area contributed by atoms with E-state index >= 15 is 0 Å². The van der Waals surface area contributed by atoms with Gasteiger partial charge in [-0.15, -0.1) is 0 Å². The minimum Gasteiger partial charge on any atom is -0.484 e. The zero-order chi connectivity index (χ0) is 20.1. The lowest BCUT2D eigenvalue weighted by Gasteiger charge is -2.18. The normalized spacial score (nSPS) is 12.6. The predicted octanol–water partition coefficient (Wildman–Crippen LogP) is 4.09. The number of carbonyl (C=O) groups is 1. The summed E-state index contributed by atoms with van der Waals surface area (Å²) in [5, 5.41) is 14.4. The van der Waals surface area contributed by atoms with Crippen LogP contribution in [0.1, 0.15) is 17.2 Å². The molecule has 4 nitrogen and oxygen atoms in total. The molecular formula is C21H18F3NO3. The van der Waals surface area contributed by atoms with Crippen molar-refractivity contribution in [2.75, 3.05) is 13.2 Å². The number of fused-ring (bicyclic) bond motifs is 1. The molecule has 0 saturated carbocycles. The fourth-order valence-corrected chi connectivity index (χ4v) is 2.82. The van der Waals surface area contributed by atoms with Crippen molar-refractivity contribution >= 4 is 16.7 Å². The highest BCUT2D eigenvalue weighted by molar-refractivity contribution is 5.84. The number of nitrogens with one attached hydrogen (secondary N) is 1. The minimum absolute atomic E-state index is 0.286. The summed E-state index contributed by atoms with van der Waals surface area (Å²) in [7, 11) is 0. The molecule has 0 radical (unpaired) electrons. The van der Waals surface area contributed by atoms with E-state index in [0.717, 1.165) is 16.8 Å². The molecule has 1 atom stereocenters. The van der Waals surface area contributed by atoms with Gasteiger partial charge >= 0.3 is 6.18 Å². The second-order valence-corrected chi connectivity index (χ2v) is 6.20. The van der Waals surface area contributed by atoms with Crippen LogP contribution >= 0.6 is 0 Å². The number of aliphatic hydroxyl groups excluding tert-OH is 1. The number of aliphatic hydroxyl groups is 1. The smallest absolute Gasteiger partial charge is 0.416 e. The fraction of sp³-hybridized carbons (Fsp3) is 0.190. The van der Waals surface area contributed by atoms with Crippen LogP contribution in [0.25, 0.3) is 10.8 Å². The van der Waals surface area contributed by atoms with Crippen molar-refractivity contribution in [2.45, 2.75) is 12.3 Å². The van der Waals surface area contributed by atoms with Crippen molar-refractivity contribution in [1.29, 1.82) is 0 Å². The molecule has 0 spiro atoms. The van der Waals surface area contributed by atoms with Crippen LogP contribution in [0.15, 0.2) is 66.7 Å². The van der Waals surface area contributed by atoms with Crippen LogP contribution in [0.3, 0.4) is 0 Å². The molecule has 0 aromatic heterocycles. The van der Waals surface area contributed by atoms with Crippen LogP contribution < -0.4 is 10.1 Å². The number of rotatable bonds is 6. The Balaban J connectivity index is 1.55. The monoisotopic (exact) mass is 389 g/mol. The molecule has 146 valence electrons. The minimum atomic E-state index is -4.58. The van der Waals surface area contributed by atoms with E-state index in [9.17, 15) is 23.1 Å². The summed E-state index contributed by atoms with van der Waals surface area (Å²) in [6, 6.07) is 17.8. The van der Waals surface area contributed by atoms with Gasteiger partial charge < -0.3 is 15.2 Å². The molecule has 3 aromatic carbocycles. The fourth-order valence-electron chi connectivity index (χ4n) is 2.82. The Morgan fingerprint density at radius 2 is 1.68 bits per heavy atom. The second-order valence-electron chi connectivity index (χ2n) is 6.20. The summed E-state index contributed by atoms with van der Waals surface area (Å²) >= 11 is 0. The van der Waals surface area contributed by atoms with Gasteiger partial charge in [0, 0.05) is 6.54 Å². The van der Waals surface area contributed by atoms with E-state index < -0.39 is 23.8 Å². The molecular weight excluding hydrogens is 371 g/mol. The number of halogens is 3. The van der Waals surface area contributed by atoms with Gasteiger partial charge in [-0.3, -0.25) is 4.79 Å². The SMILES string of the molecule is O=C(COc1ccc2ccccc2c1)NCC(O)c1ccccc1C(F)(F)F. The number of carbonyl (C=O) groups excluding carboxylic acids is 1. The number of amides is 1. The molecule has 1 unspecified atom stereocenters. The molecule has 0 aliphatic heterocycles. The van der Waals surface area contributed by atoms with E-state index in [-0.39, 0.29) is 18.7 Å². The Hall–Kier alpha value is -3.06. The summed E-state index contributed by atoms with van der Waals surface area (Å²) < 4.78 is 44.4. The van der Waals surface area contributed by atoms with Gasteiger partial charge in [-0.1, -0.05) is 48.5 Å². The number of ether oxygens (including phenoxy) is 1. The summed E-state index contributed by atoms with van der Waals surface area (Å²) in [6.07, 6.45) is -6.07. The molecule has 7 heteroatoms. The van der Waals surface area contributed by atoms with E-state index in [1.54, 1.807) is 12.1 Å². The van der Waals surface area contributed by atoms with Crippen LogP contribution in [-0.2, 0) is 11.0 Å². The topological polar surface area (TPSA) is 58.6 Å². The molecule has 3 aromatic rings. The molecule has 0 heterocycles. The predicted molar refractivity (Wildman–Crippen MR) is 98.9 cm³/mol. The van der Waals surface area contributed by atoms with Gasteiger partial charge in [0.05, 0.1) is 11.7 Å². The summed E-state index contributed by atoms with van der Waals surface area (Å²) in [4.78, 5) is 11.9. The van der Waals surface area contributed by atoms with Crippen molar-refractivity contribution < 1.29 is 27.8 Å². The number of hydrogen-bond donors (Lipinski definition) is 2. The van der Waals surface area contributed by atoms with Crippen LogP contribution in [-0.4, -0.2) is 24.2 Å². The molecule has 2 N–H and O–H groups in total. The first-order chi connectivity index (χ1) is 13.3. The first-order valence-electron chi connectivity index (χ1n) is 8.57. The third-order valence-electron chi connectivity index (χ3n) is 4.21. The van der Waals surface area contributed by atoms with Crippen LogP contribution in [0, 0.1) is 0 Å². The zero-order valence-electron chi connectivity index (χ0n) is 14.7. The molecule has 0 fully saturated rings. The lowest BCUT2D eigenvalue weighted by molar-refractivity contribution is -0.139. The number of hydrogen-bond acceptors (Lipinski definition) is 3. The van der Waals surface area contributed by atoms with Crippen LogP contribution in [0.2, 0.25) is 0 Å². The average molecular weight is 389 g/mol. The molecule has 1 amide bonds. The molecule has 3 rings (SSSR count). The van der Waals surface area contributed by atoms with Gasteiger partial charge in [-0.05, 0) is 34.5 Å². The highest BCUT2D eigenvalue weighted by atomic mass is 19.4. The van der Waals surface area contributed by atoms with Gasteiger partial charge in [0.15, 0.2) is 6.61 Å². The first-order valence-corrected chi connectivity index (χ1v) is 8.57. The van der Waals surface area contributed by atoms with E-state index in [4.69, 9.17) is 4.74 Å². The van der Waals surface area contributed by atoms with Crippen molar-refractivity contribution in [3.05, 3.63) is 77.9 Å². The summed E-state index contributed by atoms with van der Waals surface area (Å²) in [5.41, 5.74) is -1.21. The molecule has 28 heavy (non-hydrogen) atoms. The van der Waals surface area contributed by atoms with Gasteiger partial charge in [-0.2, -0.15) is 13.2 Å². The number of benzene rings is 3. The van der Waals surface area contributed by atoms with Crippen molar-refractivity contribution in [3.8, 4) is 5.75 Å². The summed E-state index contributed by atoms with van der Waals surface area (Å²) in [5.74, 6) is -0.0477. The third kappa shape index (κ3) is 4.80. The van der Waals surface area contributed by atoms with E-state index in [1.165, 1.54) is 18.2 Å². The van der Waals surface area contributed by atoms with E-state index in [0.29, 0.717) is 5.75 Å².